The summed E-state index contributed by atoms with van der Waals surface area (Å²) in [5, 5.41) is 8.55. The Bertz CT molecular complexity index is 845. The van der Waals surface area contributed by atoms with Gasteiger partial charge >= 0.3 is 0 Å². The van der Waals surface area contributed by atoms with Crippen molar-refractivity contribution in [2.75, 3.05) is 18.4 Å². The van der Waals surface area contributed by atoms with E-state index in [1.165, 1.54) is 4.88 Å². The minimum absolute atomic E-state index is 0.0287. The lowest BCUT2D eigenvalue weighted by Gasteiger charge is -2.17. The number of anilines is 1. The van der Waals surface area contributed by atoms with Crippen molar-refractivity contribution in [2.24, 2.45) is 5.92 Å². The van der Waals surface area contributed by atoms with Crippen molar-refractivity contribution in [3.8, 4) is 11.1 Å². The maximum atomic E-state index is 12.8. The van der Waals surface area contributed by atoms with Crippen LogP contribution in [0.4, 0.5) is 5.69 Å². The molecule has 1 aliphatic rings. The quantitative estimate of drug-likeness (QED) is 0.736. The number of benzene rings is 2. The first-order valence-electron chi connectivity index (χ1n) is 8.52. The summed E-state index contributed by atoms with van der Waals surface area (Å²) in [5.74, 6) is 0.324. The van der Waals surface area contributed by atoms with Gasteiger partial charge in [0.15, 0.2) is 0 Å². The molecule has 2 heterocycles. The maximum absolute atomic E-state index is 12.8. The Labute approximate surface area is 151 Å². The van der Waals surface area contributed by atoms with Gasteiger partial charge in [-0.15, -0.1) is 11.3 Å². The summed E-state index contributed by atoms with van der Waals surface area (Å²) in [6, 6.07) is 22.4. The normalized spacial score (nSPS) is 19.7. The zero-order valence-corrected chi connectivity index (χ0v) is 14.6. The third kappa shape index (κ3) is 3.50. The lowest BCUT2D eigenvalue weighted by Crippen LogP contribution is -2.27. The van der Waals surface area contributed by atoms with Gasteiger partial charge in [0.05, 0.1) is 5.92 Å². The molecule has 1 aromatic heterocycles. The first-order chi connectivity index (χ1) is 12.3. The summed E-state index contributed by atoms with van der Waals surface area (Å²) in [6.45, 7) is 1.59. The second-order valence-corrected chi connectivity index (χ2v) is 7.30. The number of carbonyl (C=O) groups excluding carboxylic acids is 1. The average Bonchev–Trinajstić information content (AvgIpc) is 3.34. The molecule has 2 atom stereocenters. The predicted molar refractivity (Wildman–Crippen MR) is 104 cm³/mol. The van der Waals surface area contributed by atoms with E-state index in [4.69, 9.17) is 0 Å². The molecule has 1 fully saturated rings. The van der Waals surface area contributed by atoms with Gasteiger partial charge in [0, 0.05) is 29.6 Å². The molecule has 1 saturated heterocycles. The average molecular weight is 348 g/mol. The monoisotopic (exact) mass is 348 g/mol. The van der Waals surface area contributed by atoms with Gasteiger partial charge in [0.1, 0.15) is 0 Å². The highest BCUT2D eigenvalue weighted by Crippen LogP contribution is 2.32. The maximum Gasteiger partial charge on any atom is 0.229 e. The second kappa shape index (κ2) is 7.21. The molecule has 4 rings (SSSR count). The smallest absolute Gasteiger partial charge is 0.229 e. The molecule has 2 unspecified atom stereocenters. The Morgan fingerprint density at radius 2 is 1.80 bits per heavy atom. The molecule has 2 aromatic carbocycles. The van der Waals surface area contributed by atoms with E-state index in [0.29, 0.717) is 0 Å². The van der Waals surface area contributed by atoms with Gasteiger partial charge in [-0.25, -0.2) is 0 Å². The number of amides is 1. The molecule has 4 heteroatoms. The lowest BCUT2D eigenvalue weighted by molar-refractivity contribution is -0.119. The highest BCUT2D eigenvalue weighted by atomic mass is 32.1. The van der Waals surface area contributed by atoms with Crippen molar-refractivity contribution in [3.63, 3.8) is 0 Å². The largest absolute Gasteiger partial charge is 0.326 e. The van der Waals surface area contributed by atoms with E-state index in [1.54, 1.807) is 11.3 Å². The number of thiophene rings is 1. The van der Waals surface area contributed by atoms with Crippen LogP contribution < -0.4 is 10.6 Å². The van der Waals surface area contributed by atoms with Crippen LogP contribution in [0.1, 0.15) is 10.8 Å². The second-order valence-electron chi connectivity index (χ2n) is 6.32. The summed E-state index contributed by atoms with van der Waals surface area (Å²) in [7, 11) is 0. The molecule has 3 aromatic rings. The Kier molecular flexibility index (Phi) is 4.63. The zero-order valence-electron chi connectivity index (χ0n) is 13.8. The van der Waals surface area contributed by atoms with Crippen molar-refractivity contribution >= 4 is 22.9 Å². The van der Waals surface area contributed by atoms with E-state index < -0.39 is 0 Å². The van der Waals surface area contributed by atoms with Crippen molar-refractivity contribution in [1.82, 2.24) is 5.32 Å². The summed E-state index contributed by atoms with van der Waals surface area (Å²) in [5.41, 5.74) is 3.11. The minimum Gasteiger partial charge on any atom is -0.326 e. The van der Waals surface area contributed by atoms with E-state index in [9.17, 15) is 4.79 Å². The van der Waals surface area contributed by atoms with Crippen LogP contribution in [0, 0.1) is 5.92 Å². The number of rotatable bonds is 4. The standard InChI is InChI=1S/C21H20N2OS/c24-21(19-14-22-13-18(19)20-10-5-11-25-20)23-17-9-4-8-16(12-17)15-6-2-1-3-7-15/h1-12,18-19,22H,13-14H2,(H,23,24). The molecule has 1 aliphatic heterocycles. The molecule has 0 saturated carbocycles. The van der Waals surface area contributed by atoms with Gasteiger partial charge < -0.3 is 10.6 Å². The first-order valence-corrected chi connectivity index (χ1v) is 9.40. The topological polar surface area (TPSA) is 41.1 Å². The molecule has 0 aliphatic carbocycles. The zero-order chi connectivity index (χ0) is 17.1. The molecule has 0 radical (unpaired) electrons. The summed E-state index contributed by atoms with van der Waals surface area (Å²) < 4.78 is 0. The molecule has 3 nitrogen and oxygen atoms in total. The fourth-order valence-corrected chi connectivity index (χ4v) is 4.29. The van der Waals surface area contributed by atoms with Crippen LogP contribution in [-0.2, 0) is 4.79 Å². The van der Waals surface area contributed by atoms with Crippen LogP contribution >= 0.6 is 11.3 Å². The van der Waals surface area contributed by atoms with E-state index >= 15 is 0 Å². The molecule has 1 amide bonds. The van der Waals surface area contributed by atoms with Crippen LogP contribution in [0.2, 0.25) is 0 Å². The third-order valence-electron chi connectivity index (χ3n) is 4.70. The van der Waals surface area contributed by atoms with Gasteiger partial charge in [0.2, 0.25) is 5.91 Å². The van der Waals surface area contributed by atoms with E-state index in [2.05, 4.69) is 46.3 Å². The van der Waals surface area contributed by atoms with Crippen molar-refractivity contribution < 1.29 is 4.79 Å². The van der Waals surface area contributed by atoms with Gasteiger partial charge in [-0.2, -0.15) is 0 Å². The van der Waals surface area contributed by atoms with Gasteiger partial charge in [-0.3, -0.25) is 4.79 Å². The summed E-state index contributed by atoms with van der Waals surface area (Å²) >= 11 is 1.73. The Hall–Kier alpha value is -2.43. The Morgan fingerprint density at radius 3 is 2.60 bits per heavy atom. The van der Waals surface area contributed by atoms with Crippen molar-refractivity contribution in [3.05, 3.63) is 77.0 Å². The van der Waals surface area contributed by atoms with Crippen molar-refractivity contribution in [1.29, 1.82) is 0 Å². The molecular formula is C21H20N2OS. The minimum atomic E-state index is -0.0287. The van der Waals surface area contributed by atoms with E-state index in [1.807, 2.05) is 36.4 Å². The number of hydrogen-bond donors (Lipinski definition) is 2. The molecule has 0 bridgehead atoms. The molecule has 126 valence electrons. The SMILES string of the molecule is O=C(Nc1cccc(-c2ccccc2)c1)C1CNCC1c1cccs1. The van der Waals surface area contributed by atoms with Crippen LogP contribution in [0.25, 0.3) is 11.1 Å². The lowest BCUT2D eigenvalue weighted by atomic mass is 9.93. The van der Waals surface area contributed by atoms with Crippen LogP contribution in [0.3, 0.4) is 0 Å². The van der Waals surface area contributed by atoms with Gasteiger partial charge in [0.25, 0.3) is 0 Å². The molecule has 25 heavy (non-hydrogen) atoms. The summed E-state index contributed by atoms with van der Waals surface area (Å²) in [6.07, 6.45) is 0. The number of hydrogen-bond acceptors (Lipinski definition) is 3. The molecule has 2 N–H and O–H groups in total. The molecule has 0 spiro atoms. The Morgan fingerprint density at radius 1 is 0.960 bits per heavy atom. The van der Waals surface area contributed by atoms with Crippen molar-refractivity contribution in [2.45, 2.75) is 5.92 Å². The fraction of sp³-hybridized carbons (Fsp3) is 0.190. The highest BCUT2D eigenvalue weighted by Gasteiger charge is 2.34. The Balaban J connectivity index is 1.51. The van der Waals surface area contributed by atoms with Gasteiger partial charge in [-0.1, -0.05) is 48.5 Å². The van der Waals surface area contributed by atoms with E-state index in [0.717, 1.165) is 29.9 Å². The van der Waals surface area contributed by atoms with Crippen LogP contribution in [0.5, 0.6) is 0 Å². The third-order valence-corrected chi connectivity index (χ3v) is 5.70. The highest BCUT2D eigenvalue weighted by molar-refractivity contribution is 7.10. The van der Waals surface area contributed by atoms with Gasteiger partial charge in [-0.05, 0) is 34.7 Å². The van der Waals surface area contributed by atoms with Crippen LogP contribution in [0.15, 0.2) is 72.1 Å². The van der Waals surface area contributed by atoms with E-state index in [-0.39, 0.29) is 17.7 Å². The summed E-state index contributed by atoms with van der Waals surface area (Å²) in [4.78, 5) is 14.1. The van der Waals surface area contributed by atoms with Crippen LogP contribution in [-0.4, -0.2) is 19.0 Å². The number of nitrogens with one attached hydrogen (secondary N) is 2. The molecular weight excluding hydrogens is 328 g/mol. The number of carbonyl (C=O) groups is 1. The fourth-order valence-electron chi connectivity index (χ4n) is 3.40. The predicted octanol–water partition coefficient (Wildman–Crippen LogP) is 4.36. The first kappa shape index (κ1) is 16.1.